The molecule has 0 aliphatic carbocycles. The van der Waals surface area contributed by atoms with Crippen LogP contribution in [0.1, 0.15) is 19.3 Å². The van der Waals surface area contributed by atoms with E-state index in [4.69, 9.17) is 9.47 Å². The van der Waals surface area contributed by atoms with E-state index in [0.29, 0.717) is 43.4 Å². The van der Waals surface area contributed by atoms with Crippen LogP contribution >= 0.6 is 0 Å². The number of carbonyl (C=O) groups excluding carboxylic acids is 2. The van der Waals surface area contributed by atoms with Crippen molar-refractivity contribution >= 4 is 17.5 Å². The quantitative estimate of drug-likeness (QED) is 0.836. The standard InChI is InChI=1S/C22H23FN2O4/c23-16-3-7-18(8-4-16)29-19-9-5-17(6-10-19)24-21(26)20-2-1-12-25(20)22(27)15-11-13-28-14-15/h3-10,15,20H,1-2,11-14H2,(H,24,26). The van der Waals surface area contributed by atoms with Gasteiger partial charge in [-0.3, -0.25) is 9.59 Å². The molecule has 6 nitrogen and oxygen atoms in total. The van der Waals surface area contributed by atoms with Gasteiger partial charge in [0.05, 0.1) is 12.5 Å². The summed E-state index contributed by atoms with van der Waals surface area (Å²) in [7, 11) is 0. The van der Waals surface area contributed by atoms with Crippen molar-refractivity contribution in [3.63, 3.8) is 0 Å². The second kappa shape index (κ2) is 8.61. The van der Waals surface area contributed by atoms with Crippen LogP contribution in [0.5, 0.6) is 11.5 Å². The summed E-state index contributed by atoms with van der Waals surface area (Å²) < 4.78 is 23.9. The van der Waals surface area contributed by atoms with E-state index in [1.165, 1.54) is 12.1 Å². The van der Waals surface area contributed by atoms with Gasteiger partial charge in [0.15, 0.2) is 0 Å². The molecule has 0 radical (unpaired) electrons. The number of amides is 2. The highest BCUT2D eigenvalue weighted by molar-refractivity contribution is 5.97. The number of nitrogens with zero attached hydrogens (tertiary/aromatic N) is 1. The third kappa shape index (κ3) is 4.56. The summed E-state index contributed by atoms with van der Waals surface area (Å²) >= 11 is 0. The largest absolute Gasteiger partial charge is 0.457 e. The van der Waals surface area contributed by atoms with Crippen LogP contribution < -0.4 is 10.1 Å². The number of carbonyl (C=O) groups is 2. The van der Waals surface area contributed by atoms with Gasteiger partial charge in [-0.15, -0.1) is 0 Å². The van der Waals surface area contributed by atoms with Gasteiger partial charge < -0.3 is 19.7 Å². The van der Waals surface area contributed by atoms with Crippen molar-refractivity contribution in [3.05, 3.63) is 54.3 Å². The summed E-state index contributed by atoms with van der Waals surface area (Å²) in [6.07, 6.45) is 2.21. The SMILES string of the molecule is O=C(Nc1ccc(Oc2ccc(F)cc2)cc1)C1CCCN1C(=O)C1CCOC1. The van der Waals surface area contributed by atoms with Gasteiger partial charge in [0.2, 0.25) is 11.8 Å². The Morgan fingerprint density at radius 2 is 1.72 bits per heavy atom. The fraction of sp³-hybridized carbons (Fsp3) is 0.364. The van der Waals surface area contributed by atoms with Gasteiger partial charge in [0.1, 0.15) is 23.4 Å². The Kier molecular flexibility index (Phi) is 5.76. The molecule has 29 heavy (non-hydrogen) atoms. The molecule has 2 amide bonds. The van der Waals surface area contributed by atoms with Crippen LogP contribution in [0.3, 0.4) is 0 Å². The lowest BCUT2D eigenvalue weighted by molar-refractivity contribution is -0.140. The van der Waals surface area contributed by atoms with Crippen molar-refractivity contribution in [1.82, 2.24) is 4.90 Å². The molecule has 2 unspecified atom stereocenters. The van der Waals surface area contributed by atoms with Gasteiger partial charge in [-0.2, -0.15) is 0 Å². The predicted octanol–water partition coefficient (Wildman–Crippen LogP) is 3.58. The van der Waals surface area contributed by atoms with E-state index in [1.54, 1.807) is 41.3 Å². The topological polar surface area (TPSA) is 67.9 Å². The van der Waals surface area contributed by atoms with Crippen molar-refractivity contribution in [2.45, 2.75) is 25.3 Å². The number of benzene rings is 2. The third-order valence-electron chi connectivity index (χ3n) is 5.29. The van der Waals surface area contributed by atoms with Crippen LogP contribution in [0.25, 0.3) is 0 Å². The highest BCUT2D eigenvalue weighted by Gasteiger charge is 2.38. The normalized spacial score (nSPS) is 21.2. The first-order valence-corrected chi connectivity index (χ1v) is 9.83. The Bertz CT molecular complexity index is 863. The number of anilines is 1. The second-order valence-electron chi connectivity index (χ2n) is 7.32. The van der Waals surface area contributed by atoms with Crippen LogP contribution in [0, 0.1) is 11.7 Å². The van der Waals surface area contributed by atoms with E-state index in [-0.39, 0.29) is 23.5 Å². The lowest BCUT2D eigenvalue weighted by atomic mass is 10.1. The molecule has 2 atom stereocenters. The molecule has 2 aliphatic heterocycles. The van der Waals surface area contributed by atoms with Crippen molar-refractivity contribution in [2.24, 2.45) is 5.92 Å². The highest BCUT2D eigenvalue weighted by atomic mass is 19.1. The highest BCUT2D eigenvalue weighted by Crippen LogP contribution is 2.26. The second-order valence-corrected chi connectivity index (χ2v) is 7.32. The summed E-state index contributed by atoms with van der Waals surface area (Å²) in [5, 5.41) is 2.89. The van der Waals surface area contributed by atoms with Crippen molar-refractivity contribution in [1.29, 1.82) is 0 Å². The zero-order valence-electron chi connectivity index (χ0n) is 16.0. The molecule has 2 aromatic rings. The first-order chi connectivity index (χ1) is 14.1. The fourth-order valence-corrected chi connectivity index (χ4v) is 3.74. The number of ether oxygens (including phenoxy) is 2. The maximum atomic E-state index is 13.0. The molecule has 2 aliphatic rings. The van der Waals surface area contributed by atoms with Crippen LogP contribution in [-0.2, 0) is 14.3 Å². The molecule has 2 heterocycles. The molecule has 0 bridgehead atoms. The van der Waals surface area contributed by atoms with E-state index in [2.05, 4.69) is 5.32 Å². The minimum Gasteiger partial charge on any atom is -0.457 e. The van der Waals surface area contributed by atoms with Crippen molar-refractivity contribution in [2.75, 3.05) is 25.1 Å². The third-order valence-corrected chi connectivity index (χ3v) is 5.29. The number of nitrogens with one attached hydrogen (secondary N) is 1. The number of hydrogen-bond acceptors (Lipinski definition) is 4. The summed E-state index contributed by atoms with van der Waals surface area (Å²) in [6.45, 7) is 1.66. The van der Waals surface area contributed by atoms with E-state index >= 15 is 0 Å². The van der Waals surface area contributed by atoms with Crippen molar-refractivity contribution < 1.29 is 23.5 Å². The Hall–Kier alpha value is -2.93. The van der Waals surface area contributed by atoms with E-state index in [0.717, 1.165) is 12.8 Å². The summed E-state index contributed by atoms with van der Waals surface area (Å²) in [4.78, 5) is 27.1. The van der Waals surface area contributed by atoms with Gasteiger partial charge in [0.25, 0.3) is 0 Å². The van der Waals surface area contributed by atoms with Gasteiger partial charge in [-0.25, -0.2) is 4.39 Å². The lowest BCUT2D eigenvalue weighted by Crippen LogP contribution is -2.45. The van der Waals surface area contributed by atoms with Gasteiger partial charge in [-0.05, 0) is 67.8 Å². The molecular weight excluding hydrogens is 375 g/mol. The summed E-state index contributed by atoms with van der Waals surface area (Å²) in [5.74, 6) is 0.486. The summed E-state index contributed by atoms with van der Waals surface area (Å²) in [5.41, 5.74) is 0.630. The van der Waals surface area contributed by atoms with Gasteiger partial charge in [0, 0.05) is 18.8 Å². The Labute approximate surface area is 168 Å². The van der Waals surface area contributed by atoms with E-state index in [1.807, 2.05) is 0 Å². The molecular formula is C22H23FN2O4. The number of rotatable bonds is 5. The monoisotopic (exact) mass is 398 g/mol. The van der Waals surface area contributed by atoms with E-state index < -0.39 is 6.04 Å². The number of likely N-dealkylation sites (tertiary alicyclic amines) is 1. The molecule has 2 fully saturated rings. The zero-order valence-corrected chi connectivity index (χ0v) is 16.0. The molecule has 2 aromatic carbocycles. The van der Waals surface area contributed by atoms with Crippen LogP contribution in [0.15, 0.2) is 48.5 Å². The molecule has 2 saturated heterocycles. The van der Waals surface area contributed by atoms with Crippen LogP contribution in [-0.4, -0.2) is 42.5 Å². The number of hydrogen-bond donors (Lipinski definition) is 1. The first kappa shape index (κ1) is 19.4. The molecule has 4 rings (SSSR count). The molecule has 0 spiro atoms. The molecule has 152 valence electrons. The average molecular weight is 398 g/mol. The van der Waals surface area contributed by atoms with Gasteiger partial charge in [-0.1, -0.05) is 0 Å². The average Bonchev–Trinajstić information content (AvgIpc) is 3.43. The van der Waals surface area contributed by atoms with Crippen molar-refractivity contribution in [3.8, 4) is 11.5 Å². The minimum absolute atomic E-state index is 0.0168. The van der Waals surface area contributed by atoms with Gasteiger partial charge >= 0.3 is 0 Å². The molecule has 7 heteroatoms. The Balaban J connectivity index is 1.36. The zero-order chi connectivity index (χ0) is 20.2. The van der Waals surface area contributed by atoms with E-state index in [9.17, 15) is 14.0 Å². The first-order valence-electron chi connectivity index (χ1n) is 9.83. The fourth-order valence-electron chi connectivity index (χ4n) is 3.74. The maximum absolute atomic E-state index is 13.0. The summed E-state index contributed by atoms with van der Waals surface area (Å²) in [6, 6.07) is 12.2. The molecule has 0 aromatic heterocycles. The molecule has 0 saturated carbocycles. The molecule has 1 N–H and O–H groups in total. The maximum Gasteiger partial charge on any atom is 0.247 e. The Morgan fingerprint density at radius 3 is 2.38 bits per heavy atom. The predicted molar refractivity (Wildman–Crippen MR) is 105 cm³/mol. The minimum atomic E-state index is -0.446. The lowest BCUT2D eigenvalue weighted by Gasteiger charge is -2.26. The number of halogens is 1. The van der Waals surface area contributed by atoms with Crippen LogP contribution in [0.2, 0.25) is 0 Å². The Morgan fingerprint density at radius 1 is 1.03 bits per heavy atom. The van der Waals surface area contributed by atoms with Crippen LogP contribution in [0.4, 0.5) is 10.1 Å². The smallest absolute Gasteiger partial charge is 0.247 e.